The molecule has 0 unspecified atom stereocenters. The van der Waals surface area contributed by atoms with E-state index in [2.05, 4.69) is 27.0 Å². The van der Waals surface area contributed by atoms with Crippen molar-refractivity contribution >= 4 is 40.8 Å². The van der Waals surface area contributed by atoms with Crippen molar-refractivity contribution in [2.45, 2.75) is 0 Å². The third-order valence-corrected chi connectivity index (χ3v) is 4.32. The smallest absolute Gasteiger partial charge is 0.0991 e. The Kier molecular flexibility index (Phi) is 6.69. The maximum absolute atomic E-state index is 5.86. The van der Waals surface area contributed by atoms with Gasteiger partial charge in [0.05, 0.1) is 12.0 Å². The summed E-state index contributed by atoms with van der Waals surface area (Å²) in [6, 6.07) is 16.3. The van der Waals surface area contributed by atoms with Gasteiger partial charge in [-0.3, -0.25) is 4.99 Å². The number of alkyl halides is 2. The highest BCUT2D eigenvalue weighted by Crippen LogP contribution is 2.18. The number of imidazole rings is 1. The molecule has 0 saturated carbocycles. The van der Waals surface area contributed by atoms with Gasteiger partial charge in [-0.1, -0.05) is 12.1 Å². The van der Waals surface area contributed by atoms with Crippen LogP contribution < -0.4 is 4.90 Å². The zero-order valence-electron chi connectivity index (χ0n) is 14.3. The molecular formula is C20H20Cl2N4. The van der Waals surface area contributed by atoms with Crippen LogP contribution in [0.5, 0.6) is 0 Å². The van der Waals surface area contributed by atoms with E-state index in [1.54, 1.807) is 12.5 Å². The summed E-state index contributed by atoms with van der Waals surface area (Å²) in [6.07, 6.45) is 7.32. The third-order valence-electron chi connectivity index (χ3n) is 3.98. The van der Waals surface area contributed by atoms with Crippen LogP contribution in [0.15, 0.2) is 72.2 Å². The summed E-state index contributed by atoms with van der Waals surface area (Å²) in [5.74, 6) is 1.16. The fraction of sp³-hybridized carbons (Fsp3) is 0.200. The highest BCUT2D eigenvalue weighted by atomic mass is 35.5. The molecular weight excluding hydrogens is 367 g/mol. The molecule has 6 heteroatoms. The molecule has 26 heavy (non-hydrogen) atoms. The van der Waals surface area contributed by atoms with Crippen molar-refractivity contribution in [3.63, 3.8) is 0 Å². The standard InChI is InChI=1S/C20H20Cl2N4/c21-9-12-25(13-10-22)19-5-1-17(2-6-19)15-24-18-3-7-20(8-4-18)26-14-11-23-16-26/h1-8,11,14-16H,9-10,12-13H2. The molecule has 0 atom stereocenters. The van der Waals surface area contributed by atoms with Gasteiger partial charge in [0.1, 0.15) is 0 Å². The van der Waals surface area contributed by atoms with Gasteiger partial charge < -0.3 is 9.47 Å². The second-order valence-corrected chi connectivity index (χ2v) is 6.46. The minimum absolute atomic E-state index is 0.579. The zero-order valence-corrected chi connectivity index (χ0v) is 15.8. The minimum atomic E-state index is 0.579. The summed E-state index contributed by atoms with van der Waals surface area (Å²) < 4.78 is 1.96. The van der Waals surface area contributed by atoms with Gasteiger partial charge in [0, 0.05) is 54.8 Å². The average Bonchev–Trinajstić information content (AvgIpc) is 3.22. The van der Waals surface area contributed by atoms with Gasteiger partial charge in [0.25, 0.3) is 0 Å². The Morgan fingerprint density at radius 1 is 0.962 bits per heavy atom. The largest absolute Gasteiger partial charge is 0.369 e. The number of benzene rings is 2. The van der Waals surface area contributed by atoms with Crippen LogP contribution in [0.25, 0.3) is 5.69 Å². The van der Waals surface area contributed by atoms with Gasteiger partial charge in [-0.25, -0.2) is 4.98 Å². The normalized spacial score (nSPS) is 11.2. The molecule has 0 radical (unpaired) electrons. The molecule has 0 amide bonds. The number of halogens is 2. The molecule has 2 aromatic carbocycles. The fourth-order valence-electron chi connectivity index (χ4n) is 2.62. The van der Waals surface area contributed by atoms with E-state index in [4.69, 9.17) is 23.2 Å². The Labute approximate surface area is 163 Å². The SMILES string of the molecule is ClCCN(CCCl)c1ccc(C=Nc2ccc(-n3ccnc3)cc2)cc1. The Morgan fingerprint density at radius 3 is 2.23 bits per heavy atom. The van der Waals surface area contributed by atoms with Crippen LogP contribution in [0.2, 0.25) is 0 Å². The number of rotatable bonds is 8. The van der Waals surface area contributed by atoms with Crippen molar-refractivity contribution in [2.24, 2.45) is 4.99 Å². The molecule has 1 heterocycles. The summed E-state index contributed by atoms with van der Waals surface area (Å²) in [5, 5.41) is 0. The lowest BCUT2D eigenvalue weighted by Crippen LogP contribution is -2.27. The van der Waals surface area contributed by atoms with Crippen LogP contribution in [-0.4, -0.2) is 40.6 Å². The number of aliphatic imine (C=N–C) groups is 1. The molecule has 0 spiro atoms. The van der Waals surface area contributed by atoms with E-state index >= 15 is 0 Å². The van der Waals surface area contributed by atoms with Gasteiger partial charge in [-0.2, -0.15) is 0 Å². The molecule has 0 aliphatic carbocycles. The number of aromatic nitrogens is 2. The van der Waals surface area contributed by atoms with E-state index in [1.807, 2.05) is 53.4 Å². The first-order chi connectivity index (χ1) is 12.8. The molecule has 3 rings (SSSR count). The topological polar surface area (TPSA) is 33.4 Å². The lowest BCUT2D eigenvalue weighted by Gasteiger charge is -2.22. The molecule has 0 saturated heterocycles. The summed E-state index contributed by atoms with van der Waals surface area (Å²) in [4.78, 5) is 10.8. The monoisotopic (exact) mass is 386 g/mol. The van der Waals surface area contributed by atoms with E-state index in [-0.39, 0.29) is 0 Å². The van der Waals surface area contributed by atoms with Crippen LogP contribution in [0, 0.1) is 0 Å². The van der Waals surface area contributed by atoms with Gasteiger partial charge in [0.15, 0.2) is 0 Å². The molecule has 0 N–H and O–H groups in total. The molecule has 3 aromatic rings. The van der Waals surface area contributed by atoms with Crippen molar-refractivity contribution in [2.75, 3.05) is 29.7 Å². The summed E-state index contributed by atoms with van der Waals surface area (Å²) >= 11 is 11.7. The van der Waals surface area contributed by atoms with E-state index in [0.29, 0.717) is 11.8 Å². The first kappa shape index (κ1) is 18.5. The van der Waals surface area contributed by atoms with E-state index in [1.165, 1.54) is 0 Å². The molecule has 1 aromatic heterocycles. The molecule has 0 bridgehead atoms. The molecule has 0 fully saturated rings. The van der Waals surface area contributed by atoms with Gasteiger partial charge in [-0.15, -0.1) is 23.2 Å². The van der Waals surface area contributed by atoms with E-state index in [0.717, 1.165) is 35.7 Å². The second-order valence-electron chi connectivity index (χ2n) is 5.70. The molecule has 0 aliphatic heterocycles. The van der Waals surface area contributed by atoms with E-state index < -0.39 is 0 Å². The number of hydrogen-bond donors (Lipinski definition) is 0. The number of nitrogens with zero attached hydrogens (tertiary/aromatic N) is 4. The maximum atomic E-state index is 5.86. The summed E-state index contributed by atoms with van der Waals surface area (Å²) in [5.41, 5.74) is 4.13. The first-order valence-electron chi connectivity index (χ1n) is 8.39. The van der Waals surface area contributed by atoms with Crippen LogP contribution >= 0.6 is 23.2 Å². The van der Waals surface area contributed by atoms with Crippen LogP contribution in [0.3, 0.4) is 0 Å². The lowest BCUT2D eigenvalue weighted by molar-refractivity contribution is 0.874. The van der Waals surface area contributed by atoms with Crippen molar-refractivity contribution in [3.05, 3.63) is 72.8 Å². The Bertz CT molecular complexity index is 806. The predicted octanol–water partition coefficient (Wildman–Crippen LogP) is 4.91. The Balaban J connectivity index is 1.66. The van der Waals surface area contributed by atoms with Crippen LogP contribution in [0.4, 0.5) is 11.4 Å². The lowest BCUT2D eigenvalue weighted by atomic mass is 10.2. The summed E-state index contributed by atoms with van der Waals surface area (Å²) in [6.45, 7) is 1.57. The van der Waals surface area contributed by atoms with Crippen LogP contribution in [0.1, 0.15) is 5.56 Å². The predicted molar refractivity (Wildman–Crippen MR) is 111 cm³/mol. The Hall–Kier alpha value is -2.30. The van der Waals surface area contributed by atoms with Crippen molar-refractivity contribution in [1.29, 1.82) is 0 Å². The highest BCUT2D eigenvalue weighted by Gasteiger charge is 2.04. The van der Waals surface area contributed by atoms with Gasteiger partial charge >= 0.3 is 0 Å². The molecule has 0 aliphatic rings. The first-order valence-corrected chi connectivity index (χ1v) is 9.46. The minimum Gasteiger partial charge on any atom is -0.369 e. The number of anilines is 1. The maximum Gasteiger partial charge on any atom is 0.0991 e. The van der Waals surface area contributed by atoms with Crippen LogP contribution in [-0.2, 0) is 0 Å². The average molecular weight is 387 g/mol. The third kappa shape index (κ3) is 4.87. The quantitative estimate of drug-likeness (QED) is 0.407. The van der Waals surface area contributed by atoms with Crippen molar-refractivity contribution in [1.82, 2.24) is 9.55 Å². The number of hydrogen-bond acceptors (Lipinski definition) is 3. The fourth-order valence-corrected chi connectivity index (χ4v) is 3.03. The van der Waals surface area contributed by atoms with E-state index in [9.17, 15) is 0 Å². The van der Waals surface area contributed by atoms with Gasteiger partial charge in [-0.05, 0) is 42.0 Å². The summed E-state index contributed by atoms with van der Waals surface area (Å²) in [7, 11) is 0. The Morgan fingerprint density at radius 2 is 1.65 bits per heavy atom. The van der Waals surface area contributed by atoms with Crippen molar-refractivity contribution < 1.29 is 0 Å². The zero-order chi connectivity index (χ0) is 18.2. The molecule has 4 nitrogen and oxygen atoms in total. The molecule has 134 valence electrons. The second kappa shape index (κ2) is 9.41. The van der Waals surface area contributed by atoms with Gasteiger partial charge in [0.2, 0.25) is 0 Å². The highest BCUT2D eigenvalue weighted by molar-refractivity contribution is 6.18. The van der Waals surface area contributed by atoms with Crippen molar-refractivity contribution in [3.8, 4) is 5.69 Å².